The van der Waals surface area contributed by atoms with E-state index in [0.717, 1.165) is 11.3 Å². The van der Waals surface area contributed by atoms with Crippen molar-refractivity contribution in [1.82, 2.24) is 4.98 Å². The Morgan fingerprint density at radius 1 is 1.62 bits per heavy atom. The maximum atomic E-state index is 10.1. The number of thiazole rings is 1. The van der Waals surface area contributed by atoms with Gasteiger partial charge in [-0.25, -0.2) is 0 Å². The molecule has 0 atom stereocenters. The Morgan fingerprint density at radius 3 is 2.62 bits per heavy atom. The zero-order valence-electron chi connectivity index (χ0n) is 3.77. The van der Waals surface area contributed by atoms with Crippen LogP contribution in [0.3, 0.4) is 0 Å². The van der Waals surface area contributed by atoms with Gasteiger partial charge in [-0.15, -0.1) is 0 Å². The van der Waals surface area contributed by atoms with Gasteiger partial charge in [0.1, 0.15) is 0 Å². The zero-order chi connectivity index (χ0) is 5.98. The number of rotatable bonds is 1. The van der Waals surface area contributed by atoms with Crippen LogP contribution >= 0.6 is 11.3 Å². The van der Waals surface area contributed by atoms with Gasteiger partial charge in [0.05, 0.1) is 0 Å². The van der Waals surface area contributed by atoms with Crippen LogP contribution in [-0.4, -0.2) is 19.5 Å². The third-order valence-corrected chi connectivity index (χ3v) is 3.49. The molecule has 0 aliphatic rings. The number of aromatic nitrogens is 1. The Kier molecular flexibility index (Phi) is 1.76. The fraction of sp³-hybridized carbons (Fsp3) is 0. The maximum absolute atomic E-state index is 10.1. The molecule has 0 amide bonds. The Morgan fingerprint density at radius 2 is 2.38 bits per heavy atom. The number of hydrogen-bond donors (Lipinski definition) is 0. The average molecular weight is 191 g/mol. The molecule has 42 valence electrons. The van der Waals surface area contributed by atoms with Gasteiger partial charge in [0.25, 0.3) is 0 Å². The van der Waals surface area contributed by atoms with Crippen LogP contribution in [-0.2, 0) is 7.48 Å². The van der Waals surface area contributed by atoms with Crippen LogP contribution in [0, 0.1) is 0 Å². The molecule has 0 spiro atoms. The van der Waals surface area contributed by atoms with Gasteiger partial charge in [-0.1, -0.05) is 0 Å². The van der Waals surface area contributed by atoms with E-state index in [0.29, 0.717) is 0 Å². The van der Waals surface area contributed by atoms with Crippen LogP contribution in [0.25, 0.3) is 0 Å². The van der Waals surface area contributed by atoms with Gasteiger partial charge in [-0.05, 0) is 0 Å². The first-order valence-corrected chi connectivity index (χ1v) is 5.19. The van der Waals surface area contributed by atoms with Gasteiger partial charge in [0.2, 0.25) is 0 Å². The molecule has 0 aromatic carbocycles. The summed E-state index contributed by atoms with van der Waals surface area (Å²) in [7, 11) is 0. The van der Waals surface area contributed by atoms with Crippen molar-refractivity contribution in [3.8, 4) is 0 Å². The molecular formula is C3H2AsNO2S. The quantitative estimate of drug-likeness (QED) is 0.572. The summed E-state index contributed by atoms with van der Waals surface area (Å²) in [5, 5.41) is 1.65. The van der Waals surface area contributed by atoms with Crippen molar-refractivity contribution >= 4 is 29.7 Å². The van der Waals surface area contributed by atoms with Gasteiger partial charge >= 0.3 is 53.7 Å². The fourth-order valence-electron chi connectivity index (χ4n) is 0.306. The predicted octanol–water partition coefficient (Wildman–Crippen LogP) is -0.301. The molecule has 0 fully saturated rings. The van der Waals surface area contributed by atoms with Gasteiger partial charge in [0.15, 0.2) is 0 Å². The second kappa shape index (κ2) is 2.37. The summed E-state index contributed by atoms with van der Waals surface area (Å²) >= 11 is -1.97. The van der Waals surface area contributed by atoms with Crippen LogP contribution in [0.4, 0.5) is 0 Å². The van der Waals surface area contributed by atoms with E-state index in [1.165, 1.54) is 6.20 Å². The molecule has 0 aliphatic heterocycles. The summed E-state index contributed by atoms with van der Waals surface area (Å²) in [4.78, 5) is 3.57. The Hall–Kier alpha value is -0.212. The van der Waals surface area contributed by atoms with Crippen molar-refractivity contribution < 1.29 is 7.48 Å². The Bertz CT molecular complexity index is 219. The van der Waals surface area contributed by atoms with Crippen molar-refractivity contribution in [3.05, 3.63) is 11.6 Å². The van der Waals surface area contributed by atoms with Gasteiger partial charge < -0.3 is 0 Å². The van der Waals surface area contributed by atoms with Crippen molar-refractivity contribution in [2.45, 2.75) is 0 Å². The first-order valence-electron chi connectivity index (χ1n) is 1.84. The topological polar surface area (TPSA) is 47.0 Å². The predicted molar refractivity (Wildman–Crippen MR) is 28.9 cm³/mol. The summed E-state index contributed by atoms with van der Waals surface area (Å²) in [6.45, 7) is 0. The van der Waals surface area contributed by atoms with E-state index in [-0.39, 0.29) is 3.80 Å². The van der Waals surface area contributed by atoms with Gasteiger partial charge in [-0.2, -0.15) is 0 Å². The molecule has 0 N–H and O–H groups in total. The molecule has 1 aromatic rings. The fourth-order valence-corrected chi connectivity index (χ4v) is 2.02. The SMILES string of the molecule is O=[As](=O)c1nccs1. The number of nitrogens with zero attached hydrogens (tertiary/aromatic N) is 1. The standard InChI is InChI=1S/C3H2AsNO2S/c6-4(7)3-5-1-2-8-3/h1-2H. The molecule has 0 bridgehead atoms. The molecule has 5 heteroatoms. The molecule has 0 radical (unpaired) electrons. The van der Waals surface area contributed by atoms with Gasteiger partial charge in [-0.3, -0.25) is 0 Å². The third-order valence-electron chi connectivity index (χ3n) is 0.575. The molecule has 3 nitrogen and oxygen atoms in total. The minimum atomic E-state index is -3.13. The molecule has 0 aliphatic carbocycles. The molecular weight excluding hydrogens is 189 g/mol. The van der Waals surface area contributed by atoms with E-state index in [9.17, 15) is 7.48 Å². The summed E-state index contributed by atoms with van der Waals surface area (Å²) in [6.07, 6.45) is 1.48. The number of hydrogen-bond acceptors (Lipinski definition) is 4. The van der Waals surface area contributed by atoms with Crippen LogP contribution in [0.2, 0.25) is 0 Å². The molecule has 1 rings (SSSR count). The van der Waals surface area contributed by atoms with E-state index >= 15 is 0 Å². The first-order chi connectivity index (χ1) is 3.80. The Labute approximate surface area is 54.1 Å². The van der Waals surface area contributed by atoms with Crippen LogP contribution < -0.4 is 3.80 Å². The average Bonchev–Trinajstić information content (AvgIpc) is 2.12. The zero-order valence-corrected chi connectivity index (χ0v) is 6.47. The first kappa shape index (κ1) is 5.92. The summed E-state index contributed by atoms with van der Waals surface area (Å²) in [5.74, 6) is 0. The van der Waals surface area contributed by atoms with E-state index in [1.54, 1.807) is 5.38 Å². The molecule has 0 unspecified atom stereocenters. The van der Waals surface area contributed by atoms with E-state index in [4.69, 9.17) is 0 Å². The van der Waals surface area contributed by atoms with Crippen molar-refractivity contribution in [3.63, 3.8) is 0 Å². The normalized spacial score (nSPS) is 9.00. The van der Waals surface area contributed by atoms with E-state index in [2.05, 4.69) is 4.98 Å². The van der Waals surface area contributed by atoms with Crippen LogP contribution in [0.1, 0.15) is 0 Å². The molecule has 1 heterocycles. The monoisotopic (exact) mass is 191 g/mol. The summed E-state index contributed by atoms with van der Waals surface area (Å²) < 4.78 is 20.5. The minimum absolute atomic E-state index is 0.262. The van der Waals surface area contributed by atoms with Crippen LogP contribution in [0.5, 0.6) is 0 Å². The molecule has 1 aromatic heterocycles. The molecule has 0 saturated heterocycles. The third kappa shape index (κ3) is 1.14. The second-order valence-electron chi connectivity index (χ2n) is 1.07. The molecule has 8 heavy (non-hydrogen) atoms. The summed E-state index contributed by atoms with van der Waals surface area (Å²) in [5.41, 5.74) is 0. The van der Waals surface area contributed by atoms with Crippen LogP contribution in [0.15, 0.2) is 11.6 Å². The second-order valence-corrected chi connectivity index (χ2v) is 4.59. The van der Waals surface area contributed by atoms with Crippen molar-refractivity contribution in [1.29, 1.82) is 0 Å². The molecule has 0 saturated carbocycles. The van der Waals surface area contributed by atoms with E-state index in [1.807, 2.05) is 0 Å². The van der Waals surface area contributed by atoms with Crippen molar-refractivity contribution in [2.24, 2.45) is 0 Å². The summed E-state index contributed by atoms with van der Waals surface area (Å²) in [6, 6.07) is 0. The van der Waals surface area contributed by atoms with E-state index < -0.39 is 14.5 Å². The van der Waals surface area contributed by atoms with Crippen molar-refractivity contribution in [2.75, 3.05) is 0 Å². The van der Waals surface area contributed by atoms with Gasteiger partial charge in [0, 0.05) is 0 Å². The Balaban J connectivity index is 3.11.